The van der Waals surface area contributed by atoms with Crippen LogP contribution in [0.15, 0.2) is 48.7 Å². The first kappa shape index (κ1) is 28.5. The van der Waals surface area contributed by atoms with E-state index < -0.39 is 23.6 Å². The van der Waals surface area contributed by atoms with Gasteiger partial charge in [-0.25, -0.2) is 14.8 Å². The van der Waals surface area contributed by atoms with Gasteiger partial charge in [0.15, 0.2) is 11.6 Å². The summed E-state index contributed by atoms with van der Waals surface area (Å²) in [6.07, 6.45) is -1.63. The molecule has 0 aliphatic carbocycles. The van der Waals surface area contributed by atoms with Crippen molar-refractivity contribution >= 4 is 35.0 Å². The van der Waals surface area contributed by atoms with Crippen molar-refractivity contribution in [2.24, 2.45) is 0 Å². The van der Waals surface area contributed by atoms with Gasteiger partial charge in [-0.2, -0.15) is 13.2 Å². The van der Waals surface area contributed by atoms with E-state index in [1.54, 1.807) is 23.1 Å². The van der Waals surface area contributed by atoms with Crippen LogP contribution in [0.4, 0.5) is 35.3 Å². The fourth-order valence-electron chi connectivity index (χ4n) is 5.52. The number of rotatable bonds is 5. The number of nitrogens with one attached hydrogen (secondary N) is 1. The number of carbonyl (C=O) groups excluding carboxylic acids is 1. The van der Waals surface area contributed by atoms with Crippen molar-refractivity contribution in [2.75, 3.05) is 41.4 Å². The molecule has 2 atom stereocenters. The number of amides is 2. The Hall–Kier alpha value is -3.61. The van der Waals surface area contributed by atoms with Gasteiger partial charge in [0.2, 0.25) is 0 Å². The largest absolute Gasteiger partial charge is 0.491 e. The van der Waals surface area contributed by atoms with E-state index in [1.807, 2.05) is 13.8 Å². The molecule has 0 saturated carbocycles. The molecule has 3 aliphatic heterocycles. The summed E-state index contributed by atoms with van der Waals surface area (Å²) in [5.74, 6) is 0.430. The van der Waals surface area contributed by atoms with Crippen LogP contribution in [0.5, 0.6) is 5.75 Å². The zero-order valence-electron chi connectivity index (χ0n) is 22.9. The first-order valence-corrected chi connectivity index (χ1v) is 14.0. The predicted molar refractivity (Wildman–Crippen MR) is 151 cm³/mol. The molecular formula is C29H29ClF3N5O4. The Morgan fingerprint density at radius 1 is 1.24 bits per heavy atom. The minimum atomic E-state index is -4.52. The molecule has 2 fully saturated rings. The highest BCUT2D eigenvalue weighted by atomic mass is 35.5. The van der Waals surface area contributed by atoms with Crippen LogP contribution in [0.3, 0.4) is 0 Å². The molecule has 0 spiro atoms. The number of hydrogen-bond donors (Lipinski definition) is 1. The molecule has 2 bridgehead atoms. The van der Waals surface area contributed by atoms with Crippen molar-refractivity contribution in [1.29, 1.82) is 0 Å². The minimum Gasteiger partial charge on any atom is -0.491 e. The summed E-state index contributed by atoms with van der Waals surface area (Å²) in [5, 5.41) is 3.04. The number of aromatic nitrogens is 2. The highest BCUT2D eigenvalue weighted by Crippen LogP contribution is 2.43. The Bertz CT molecular complexity index is 1500. The van der Waals surface area contributed by atoms with Crippen LogP contribution in [0, 0.1) is 0 Å². The van der Waals surface area contributed by atoms with Crippen LogP contribution in [-0.4, -0.2) is 60.2 Å². The number of benzene rings is 1. The first-order valence-electron chi connectivity index (χ1n) is 13.6. The monoisotopic (exact) mass is 603 g/mol. The number of alkyl halides is 3. The number of piperidine rings is 1. The zero-order valence-corrected chi connectivity index (χ0v) is 23.7. The number of fused-ring (bicyclic) bond motifs is 4. The molecular weight excluding hydrogens is 575 g/mol. The molecule has 5 heterocycles. The van der Waals surface area contributed by atoms with Crippen molar-refractivity contribution in [3.05, 3.63) is 59.2 Å². The zero-order chi connectivity index (χ0) is 29.6. The first-order chi connectivity index (χ1) is 20.0. The summed E-state index contributed by atoms with van der Waals surface area (Å²) in [7, 11) is 0. The van der Waals surface area contributed by atoms with E-state index in [-0.39, 0.29) is 40.9 Å². The molecule has 6 rings (SSSR count). The standard InChI is InChI=1S/C29H29ClF3N5O4/c1-28(2)41-16-21(42-28)15-40-20-8-9-34-24(12-20)35-27(39)38-19-7-4-10-37(14-19)23-13-22(30)25(36-26(23)38)17-5-3-6-18(11-17)29(31,32)33/h3,5-6,8-9,11-13,19,21H,4,7,10,14-16H2,1-2H3,(H,34,35,39)/t19-,21?/m0/s1. The molecule has 1 N–H and O–H groups in total. The SMILES string of the molecule is CC1(C)OCC(COc2ccnc(NC(=O)N3c4nc(-c5cccc(C(F)(F)F)c5)c(Cl)cc4N4CCC[C@H]3C4)c2)O1. The molecule has 3 aromatic rings. The second kappa shape index (κ2) is 10.9. The number of anilines is 3. The second-order valence-electron chi connectivity index (χ2n) is 10.9. The van der Waals surface area contributed by atoms with Crippen LogP contribution >= 0.6 is 11.6 Å². The van der Waals surface area contributed by atoms with Gasteiger partial charge in [-0.05, 0) is 51.0 Å². The summed E-state index contributed by atoms with van der Waals surface area (Å²) >= 11 is 6.58. The summed E-state index contributed by atoms with van der Waals surface area (Å²) in [6, 6.07) is 9.12. The minimum absolute atomic E-state index is 0.162. The summed E-state index contributed by atoms with van der Waals surface area (Å²) in [5.41, 5.74) is 0.203. The fraction of sp³-hybridized carbons (Fsp3) is 0.414. The number of hydrogen-bond acceptors (Lipinski definition) is 7. The Kier molecular flexibility index (Phi) is 7.40. The maximum Gasteiger partial charge on any atom is 0.416 e. The molecule has 2 aromatic heterocycles. The van der Waals surface area contributed by atoms with E-state index in [1.165, 1.54) is 18.3 Å². The van der Waals surface area contributed by atoms with E-state index in [2.05, 4.69) is 20.2 Å². The Balaban J connectivity index is 1.27. The van der Waals surface area contributed by atoms with Crippen LogP contribution in [0.1, 0.15) is 32.3 Å². The number of nitrogens with zero attached hydrogens (tertiary/aromatic N) is 4. The average Bonchev–Trinajstić information content (AvgIpc) is 3.30. The van der Waals surface area contributed by atoms with Crippen molar-refractivity contribution in [3.63, 3.8) is 0 Å². The van der Waals surface area contributed by atoms with E-state index >= 15 is 0 Å². The van der Waals surface area contributed by atoms with Crippen LogP contribution in [-0.2, 0) is 15.7 Å². The summed E-state index contributed by atoms with van der Waals surface area (Å²) in [4.78, 5) is 26.4. The van der Waals surface area contributed by atoms with Gasteiger partial charge in [0.05, 0.1) is 34.6 Å². The van der Waals surface area contributed by atoms with Gasteiger partial charge in [0.1, 0.15) is 24.3 Å². The van der Waals surface area contributed by atoms with Gasteiger partial charge < -0.3 is 19.1 Å². The van der Waals surface area contributed by atoms with E-state index in [0.717, 1.165) is 31.5 Å². The quantitative estimate of drug-likeness (QED) is 0.363. The average molecular weight is 604 g/mol. The molecule has 1 unspecified atom stereocenters. The normalized spacial score (nSPS) is 21.2. The third kappa shape index (κ3) is 5.83. The van der Waals surface area contributed by atoms with Gasteiger partial charge in [0, 0.05) is 30.9 Å². The predicted octanol–water partition coefficient (Wildman–Crippen LogP) is 6.37. The topological polar surface area (TPSA) is 89.1 Å². The Labute approximate surface area is 245 Å². The van der Waals surface area contributed by atoms with Crippen LogP contribution in [0.25, 0.3) is 11.3 Å². The maximum atomic E-state index is 13.8. The fourth-order valence-corrected chi connectivity index (χ4v) is 5.77. The van der Waals surface area contributed by atoms with Crippen molar-refractivity contribution in [2.45, 2.75) is 50.8 Å². The highest BCUT2D eigenvalue weighted by Gasteiger charge is 2.39. The van der Waals surface area contributed by atoms with Gasteiger partial charge in [-0.1, -0.05) is 23.7 Å². The van der Waals surface area contributed by atoms with E-state index in [9.17, 15) is 18.0 Å². The molecule has 1 aromatic carbocycles. The second-order valence-corrected chi connectivity index (χ2v) is 11.3. The number of pyridine rings is 2. The van der Waals surface area contributed by atoms with Gasteiger partial charge in [0.25, 0.3) is 0 Å². The third-order valence-corrected chi connectivity index (χ3v) is 7.71. The molecule has 13 heteroatoms. The Morgan fingerprint density at radius 2 is 2.07 bits per heavy atom. The van der Waals surface area contributed by atoms with Crippen molar-refractivity contribution < 1.29 is 32.2 Å². The summed E-state index contributed by atoms with van der Waals surface area (Å²) in [6.45, 7) is 5.69. The van der Waals surface area contributed by atoms with Crippen molar-refractivity contribution in [3.8, 4) is 17.0 Å². The van der Waals surface area contributed by atoms with Gasteiger partial charge >= 0.3 is 12.2 Å². The molecule has 9 nitrogen and oxygen atoms in total. The number of urea groups is 1. The number of halogens is 4. The lowest BCUT2D eigenvalue weighted by Gasteiger charge is -2.46. The number of ether oxygens (including phenoxy) is 3. The lowest BCUT2D eigenvalue weighted by atomic mass is 9.99. The molecule has 42 heavy (non-hydrogen) atoms. The van der Waals surface area contributed by atoms with Crippen LogP contribution in [0.2, 0.25) is 5.02 Å². The smallest absolute Gasteiger partial charge is 0.416 e. The summed E-state index contributed by atoms with van der Waals surface area (Å²) < 4.78 is 57.5. The molecule has 2 saturated heterocycles. The van der Waals surface area contributed by atoms with Gasteiger partial charge in [-0.15, -0.1) is 0 Å². The maximum absolute atomic E-state index is 13.8. The lowest BCUT2D eigenvalue weighted by molar-refractivity contribution is -0.141. The molecule has 222 valence electrons. The van der Waals surface area contributed by atoms with E-state index in [4.69, 9.17) is 25.8 Å². The van der Waals surface area contributed by atoms with Crippen LogP contribution < -0.4 is 19.9 Å². The molecule has 0 radical (unpaired) electrons. The van der Waals surface area contributed by atoms with Crippen molar-refractivity contribution in [1.82, 2.24) is 9.97 Å². The molecule has 2 amide bonds. The number of carbonyl (C=O) groups is 1. The third-order valence-electron chi connectivity index (χ3n) is 7.42. The molecule has 3 aliphatic rings. The van der Waals surface area contributed by atoms with Gasteiger partial charge in [-0.3, -0.25) is 10.2 Å². The Morgan fingerprint density at radius 3 is 2.83 bits per heavy atom. The lowest BCUT2D eigenvalue weighted by Crippen LogP contribution is -2.56. The van der Waals surface area contributed by atoms with E-state index in [0.29, 0.717) is 30.4 Å². The highest BCUT2D eigenvalue weighted by molar-refractivity contribution is 6.33.